The molecule has 4 rings (SSSR count). The second-order valence-corrected chi connectivity index (χ2v) is 8.88. The summed E-state index contributed by atoms with van der Waals surface area (Å²) in [6.07, 6.45) is 8.89. The summed E-state index contributed by atoms with van der Waals surface area (Å²) in [5.74, 6) is 1.83. The van der Waals surface area contributed by atoms with E-state index in [9.17, 15) is 4.79 Å². The van der Waals surface area contributed by atoms with Gasteiger partial charge in [0.15, 0.2) is 5.82 Å². The van der Waals surface area contributed by atoms with E-state index in [1.165, 1.54) is 12.8 Å². The van der Waals surface area contributed by atoms with Crippen LogP contribution in [0.2, 0.25) is 0 Å². The van der Waals surface area contributed by atoms with Crippen LogP contribution in [-0.4, -0.2) is 43.8 Å². The van der Waals surface area contributed by atoms with Crippen molar-refractivity contribution in [1.82, 2.24) is 24.8 Å². The number of nitrogens with zero attached hydrogens (tertiary/aromatic N) is 5. The van der Waals surface area contributed by atoms with Gasteiger partial charge in [0.1, 0.15) is 0 Å². The lowest BCUT2D eigenvalue weighted by atomic mass is 9.96. The van der Waals surface area contributed by atoms with Gasteiger partial charge in [0.25, 0.3) is 5.89 Å². The fraction of sp³-hybridized carbons (Fsp3) is 0.583. The minimum absolute atomic E-state index is 0.242. The van der Waals surface area contributed by atoms with Gasteiger partial charge in [-0.25, -0.2) is 0 Å². The molecule has 2 aromatic heterocycles. The first-order chi connectivity index (χ1) is 15.1. The Morgan fingerprint density at radius 2 is 2.00 bits per heavy atom. The molecule has 3 aromatic rings. The molecular weight excluding hydrogens is 390 g/mol. The predicted octanol–water partition coefficient (Wildman–Crippen LogP) is 5.34. The van der Waals surface area contributed by atoms with Crippen LogP contribution in [0.25, 0.3) is 22.4 Å². The van der Waals surface area contributed by atoms with E-state index in [0.29, 0.717) is 18.2 Å². The summed E-state index contributed by atoms with van der Waals surface area (Å²) in [5.41, 5.74) is 1.98. The largest absolute Gasteiger partial charge is 0.343 e. The normalized spacial score (nSPS) is 15.3. The molecule has 0 N–H and O–H groups in total. The van der Waals surface area contributed by atoms with E-state index in [4.69, 9.17) is 9.51 Å². The van der Waals surface area contributed by atoms with E-state index < -0.39 is 0 Å². The lowest BCUT2D eigenvalue weighted by molar-refractivity contribution is -0.132. The van der Waals surface area contributed by atoms with Crippen molar-refractivity contribution in [3.63, 3.8) is 0 Å². The van der Waals surface area contributed by atoms with Crippen LogP contribution >= 0.6 is 0 Å². The van der Waals surface area contributed by atoms with E-state index in [2.05, 4.69) is 37.1 Å². The molecule has 1 saturated heterocycles. The van der Waals surface area contributed by atoms with Crippen molar-refractivity contribution in [3.05, 3.63) is 30.2 Å². The van der Waals surface area contributed by atoms with Crippen molar-refractivity contribution in [2.45, 2.75) is 77.7 Å². The molecule has 31 heavy (non-hydrogen) atoms. The summed E-state index contributed by atoms with van der Waals surface area (Å²) in [6, 6.07) is 6.40. The average Bonchev–Trinajstić information content (AvgIpc) is 3.43. The van der Waals surface area contributed by atoms with E-state index in [1.54, 1.807) is 0 Å². The van der Waals surface area contributed by atoms with Gasteiger partial charge in [-0.3, -0.25) is 9.48 Å². The molecule has 1 fully saturated rings. The molecule has 1 aliphatic rings. The van der Waals surface area contributed by atoms with Gasteiger partial charge in [0, 0.05) is 42.4 Å². The third-order valence-corrected chi connectivity index (χ3v) is 6.23. The Morgan fingerprint density at radius 3 is 2.74 bits per heavy atom. The van der Waals surface area contributed by atoms with Crippen LogP contribution in [-0.2, 0) is 4.79 Å². The number of rotatable bonds is 8. The molecule has 7 heteroatoms. The molecule has 0 unspecified atom stereocenters. The van der Waals surface area contributed by atoms with Gasteiger partial charge in [0.05, 0.1) is 11.7 Å². The van der Waals surface area contributed by atoms with Crippen molar-refractivity contribution < 1.29 is 9.32 Å². The molecule has 1 aromatic carbocycles. The fourth-order valence-electron chi connectivity index (χ4n) is 4.35. The Kier molecular flexibility index (Phi) is 6.68. The number of hydrogen-bond acceptors (Lipinski definition) is 5. The first kappa shape index (κ1) is 21.5. The Bertz CT molecular complexity index is 1010. The number of carbonyl (C=O) groups excluding carboxylic acids is 1. The highest BCUT2D eigenvalue weighted by molar-refractivity contribution is 5.83. The van der Waals surface area contributed by atoms with E-state index in [-0.39, 0.29) is 12.0 Å². The van der Waals surface area contributed by atoms with E-state index in [1.807, 2.05) is 27.9 Å². The summed E-state index contributed by atoms with van der Waals surface area (Å²) >= 11 is 0. The molecule has 0 aliphatic carbocycles. The zero-order valence-corrected chi connectivity index (χ0v) is 18.9. The molecule has 0 bridgehead atoms. The molecule has 1 amide bonds. The lowest BCUT2D eigenvalue weighted by Crippen LogP contribution is -2.38. The second kappa shape index (κ2) is 9.62. The van der Waals surface area contributed by atoms with Gasteiger partial charge >= 0.3 is 0 Å². The molecule has 1 aliphatic heterocycles. The summed E-state index contributed by atoms with van der Waals surface area (Å²) < 4.78 is 7.61. The molecule has 0 atom stereocenters. The lowest BCUT2D eigenvalue weighted by Gasteiger charge is -2.30. The van der Waals surface area contributed by atoms with Crippen LogP contribution < -0.4 is 0 Å². The van der Waals surface area contributed by atoms with Crippen LogP contribution in [0.5, 0.6) is 0 Å². The number of piperidine rings is 1. The number of hydrogen-bond donors (Lipinski definition) is 0. The van der Waals surface area contributed by atoms with Crippen LogP contribution in [0.4, 0.5) is 0 Å². The third kappa shape index (κ3) is 4.81. The summed E-state index contributed by atoms with van der Waals surface area (Å²) in [5, 5.41) is 9.85. The topological polar surface area (TPSA) is 77.0 Å². The average molecular weight is 424 g/mol. The highest BCUT2D eigenvalue weighted by Gasteiger charge is 2.27. The maximum atomic E-state index is 12.4. The highest BCUT2D eigenvalue weighted by Crippen LogP contribution is 2.30. The molecular formula is C24H33N5O2. The van der Waals surface area contributed by atoms with Crippen LogP contribution in [0.1, 0.15) is 83.5 Å². The zero-order valence-electron chi connectivity index (χ0n) is 18.9. The number of carbonyl (C=O) groups is 1. The van der Waals surface area contributed by atoms with Crippen LogP contribution in [0.15, 0.2) is 28.9 Å². The van der Waals surface area contributed by atoms with Gasteiger partial charge in [0.2, 0.25) is 5.91 Å². The van der Waals surface area contributed by atoms with Crippen molar-refractivity contribution in [2.24, 2.45) is 0 Å². The number of aromatic nitrogens is 4. The summed E-state index contributed by atoms with van der Waals surface area (Å²) in [4.78, 5) is 19.1. The Hall–Kier alpha value is -2.70. The Balaban J connectivity index is 1.38. The fourth-order valence-corrected chi connectivity index (χ4v) is 4.35. The number of unbranched alkanes of at least 4 members (excludes halogenated alkanes) is 3. The maximum Gasteiger partial charge on any atom is 0.258 e. The van der Waals surface area contributed by atoms with Crippen molar-refractivity contribution in [3.8, 4) is 11.5 Å². The number of fused-ring (bicyclic) bond motifs is 1. The van der Waals surface area contributed by atoms with E-state index in [0.717, 1.165) is 61.1 Å². The number of benzene rings is 1. The second-order valence-electron chi connectivity index (χ2n) is 8.88. The van der Waals surface area contributed by atoms with Gasteiger partial charge < -0.3 is 9.42 Å². The maximum absolute atomic E-state index is 12.4. The minimum atomic E-state index is 0.242. The number of likely N-dealkylation sites (tertiary alicyclic amines) is 1. The zero-order chi connectivity index (χ0) is 21.8. The third-order valence-electron chi connectivity index (χ3n) is 6.23. The summed E-state index contributed by atoms with van der Waals surface area (Å²) in [6.45, 7) is 7.98. The quantitative estimate of drug-likeness (QED) is 0.457. The molecule has 166 valence electrons. The van der Waals surface area contributed by atoms with Crippen molar-refractivity contribution in [1.29, 1.82) is 0 Å². The first-order valence-corrected chi connectivity index (χ1v) is 11.7. The molecule has 0 radical (unpaired) electrons. The van der Waals surface area contributed by atoms with Crippen LogP contribution in [0, 0.1) is 0 Å². The Labute approximate surface area is 183 Å². The van der Waals surface area contributed by atoms with Gasteiger partial charge in [-0.15, -0.1) is 0 Å². The predicted molar refractivity (Wildman–Crippen MR) is 121 cm³/mol. The molecule has 0 saturated carbocycles. The monoisotopic (exact) mass is 423 g/mol. The standard InChI is InChI=1S/C24H33N5O2/c1-4-5-6-7-8-22(30)28-13-11-18(12-14-28)23-26-24(31-27-23)19-9-10-20-16-25-29(17(2)3)21(20)15-19/h9-10,15-18H,4-8,11-14H2,1-3H3. The summed E-state index contributed by atoms with van der Waals surface area (Å²) in [7, 11) is 0. The molecule has 7 nitrogen and oxygen atoms in total. The SMILES string of the molecule is CCCCCCC(=O)N1CCC(c2noc(-c3ccc4cnn(C(C)C)c4c3)n2)CC1. The van der Waals surface area contributed by atoms with Gasteiger partial charge in [-0.05, 0) is 45.2 Å². The minimum Gasteiger partial charge on any atom is -0.343 e. The van der Waals surface area contributed by atoms with E-state index >= 15 is 0 Å². The molecule has 3 heterocycles. The number of amides is 1. The van der Waals surface area contributed by atoms with Crippen molar-refractivity contribution in [2.75, 3.05) is 13.1 Å². The highest BCUT2D eigenvalue weighted by atomic mass is 16.5. The molecule has 0 spiro atoms. The first-order valence-electron chi connectivity index (χ1n) is 11.7. The smallest absolute Gasteiger partial charge is 0.258 e. The van der Waals surface area contributed by atoms with Gasteiger partial charge in [-0.2, -0.15) is 10.1 Å². The Morgan fingerprint density at radius 1 is 1.19 bits per heavy atom. The van der Waals surface area contributed by atoms with Gasteiger partial charge in [-0.1, -0.05) is 37.4 Å². The van der Waals surface area contributed by atoms with Crippen LogP contribution in [0.3, 0.4) is 0 Å². The van der Waals surface area contributed by atoms with Crippen molar-refractivity contribution >= 4 is 16.8 Å².